The standard InChI is InChI=1S/C24H23N5O/c1-14-8-15(2)21(9-20(14)23(28)16(3)22(27)11-26)24(30)29-12-19(13-29)18-6-4-17(10-25)5-7-18/h4-9,19,27H,12-13,28H2,1-3H3/b23-16-,27-22?. The second-order valence-electron chi connectivity index (χ2n) is 7.65. The highest BCUT2D eigenvalue weighted by molar-refractivity contribution is 6.13. The summed E-state index contributed by atoms with van der Waals surface area (Å²) in [6.45, 7) is 6.68. The lowest BCUT2D eigenvalue weighted by Crippen LogP contribution is -2.48. The zero-order valence-electron chi connectivity index (χ0n) is 17.3. The van der Waals surface area contributed by atoms with E-state index in [-0.39, 0.29) is 17.5 Å². The van der Waals surface area contributed by atoms with Crippen molar-refractivity contribution in [1.29, 1.82) is 15.9 Å². The third-order valence-corrected chi connectivity index (χ3v) is 5.66. The average Bonchev–Trinajstić information content (AvgIpc) is 2.71. The maximum absolute atomic E-state index is 13.1. The molecule has 0 spiro atoms. The molecule has 0 unspecified atom stereocenters. The predicted octanol–water partition coefficient (Wildman–Crippen LogP) is 3.65. The first-order valence-corrected chi connectivity index (χ1v) is 9.63. The predicted molar refractivity (Wildman–Crippen MR) is 116 cm³/mol. The molecule has 1 aliphatic heterocycles. The van der Waals surface area contributed by atoms with Crippen LogP contribution in [0.5, 0.6) is 0 Å². The van der Waals surface area contributed by atoms with Gasteiger partial charge in [-0.2, -0.15) is 10.5 Å². The Hall–Kier alpha value is -3.90. The van der Waals surface area contributed by atoms with Crippen molar-refractivity contribution in [2.45, 2.75) is 26.7 Å². The number of nitrogens with two attached hydrogens (primary N) is 1. The van der Waals surface area contributed by atoms with E-state index in [1.165, 1.54) is 0 Å². The van der Waals surface area contributed by atoms with E-state index in [0.29, 0.717) is 41.1 Å². The third kappa shape index (κ3) is 3.81. The fourth-order valence-electron chi connectivity index (χ4n) is 3.65. The normalized spacial score (nSPS) is 14.2. The van der Waals surface area contributed by atoms with Crippen molar-refractivity contribution in [1.82, 2.24) is 4.90 Å². The van der Waals surface area contributed by atoms with Crippen molar-refractivity contribution in [2.24, 2.45) is 5.73 Å². The molecule has 3 N–H and O–H groups in total. The zero-order chi connectivity index (χ0) is 22.0. The van der Waals surface area contributed by atoms with Crippen molar-refractivity contribution in [2.75, 3.05) is 13.1 Å². The summed E-state index contributed by atoms with van der Waals surface area (Å²) in [5, 5.41) is 25.6. The van der Waals surface area contributed by atoms with Crippen LogP contribution in [0, 0.1) is 41.9 Å². The van der Waals surface area contributed by atoms with Crippen molar-refractivity contribution < 1.29 is 4.79 Å². The van der Waals surface area contributed by atoms with Gasteiger partial charge in [0.1, 0.15) is 11.8 Å². The molecule has 6 heteroatoms. The lowest BCUT2D eigenvalue weighted by Gasteiger charge is -2.40. The van der Waals surface area contributed by atoms with E-state index in [4.69, 9.17) is 21.7 Å². The average molecular weight is 397 g/mol. The summed E-state index contributed by atoms with van der Waals surface area (Å²) >= 11 is 0. The van der Waals surface area contributed by atoms with Gasteiger partial charge in [0.05, 0.1) is 11.6 Å². The maximum Gasteiger partial charge on any atom is 0.254 e. The number of likely N-dealkylation sites (tertiary alicyclic amines) is 1. The highest BCUT2D eigenvalue weighted by atomic mass is 16.2. The molecular formula is C24H23N5O. The molecule has 150 valence electrons. The third-order valence-electron chi connectivity index (χ3n) is 5.66. The van der Waals surface area contributed by atoms with Crippen LogP contribution in [0.1, 0.15) is 51.0 Å². The van der Waals surface area contributed by atoms with Crippen LogP contribution in [0.25, 0.3) is 5.70 Å². The van der Waals surface area contributed by atoms with E-state index in [9.17, 15) is 4.79 Å². The molecule has 1 heterocycles. The molecule has 0 aliphatic carbocycles. The lowest BCUT2D eigenvalue weighted by atomic mass is 9.89. The summed E-state index contributed by atoms with van der Waals surface area (Å²) in [7, 11) is 0. The first kappa shape index (κ1) is 20.8. The van der Waals surface area contributed by atoms with Gasteiger partial charge in [-0.05, 0) is 55.7 Å². The summed E-state index contributed by atoms with van der Waals surface area (Å²) < 4.78 is 0. The Kier molecular flexibility index (Phi) is 5.71. The molecule has 6 nitrogen and oxygen atoms in total. The fraction of sp³-hybridized carbons (Fsp3) is 0.250. The zero-order valence-corrected chi connectivity index (χ0v) is 17.3. The first-order valence-electron chi connectivity index (χ1n) is 9.63. The Bertz CT molecular complexity index is 1140. The van der Waals surface area contributed by atoms with Crippen LogP contribution >= 0.6 is 0 Å². The molecular weight excluding hydrogens is 374 g/mol. The quantitative estimate of drug-likeness (QED) is 0.766. The van der Waals surface area contributed by atoms with Crippen LogP contribution in [0.3, 0.4) is 0 Å². The molecule has 0 radical (unpaired) electrons. The number of nitrogens with zero attached hydrogens (tertiary/aromatic N) is 3. The van der Waals surface area contributed by atoms with Gasteiger partial charge in [-0.3, -0.25) is 10.2 Å². The smallest absolute Gasteiger partial charge is 0.254 e. The van der Waals surface area contributed by atoms with E-state index >= 15 is 0 Å². The highest BCUT2D eigenvalue weighted by Crippen LogP contribution is 2.30. The number of aryl methyl sites for hydroxylation is 2. The maximum atomic E-state index is 13.1. The van der Waals surface area contributed by atoms with E-state index < -0.39 is 0 Å². The minimum atomic E-state index is -0.187. The van der Waals surface area contributed by atoms with Gasteiger partial charge < -0.3 is 10.6 Å². The highest BCUT2D eigenvalue weighted by Gasteiger charge is 2.33. The number of allylic oxidation sites excluding steroid dienone is 1. The van der Waals surface area contributed by atoms with Gasteiger partial charge >= 0.3 is 0 Å². The van der Waals surface area contributed by atoms with Gasteiger partial charge in [-0.15, -0.1) is 0 Å². The topological polar surface area (TPSA) is 118 Å². The number of hydrogen-bond donors (Lipinski definition) is 2. The minimum Gasteiger partial charge on any atom is -0.398 e. The van der Waals surface area contributed by atoms with E-state index in [1.54, 1.807) is 36.1 Å². The summed E-state index contributed by atoms with van der Waals surface area (Å²) in [4.78, 5) is 14.9. The first-order chi connectivity index (χ1) is 14.3. The molecule has 30 heavy (non-hydrogen) atoms. The Morgan fingerprint density at radius 1 is 1.10 bits per heavy atom. The molecule has 1 amide bonds. The van der Waals surface area contributed by atoms with Crippen LogP contribution in [-0.4, -0.2) is 29.6 Å². The number of amides is 1. The van der Waals surface area contributed by atoms with Crippen molar-refractivity contribution in [3.63, 3.8) is 0 Å². The van der Waals surface area contributed by atoms with Crippen LogP contribution < -0.4 is 5.73 Å². The Balaban J connectivity index is 1.83. The Labute approximate surface area is 176 Å². The number of rotatable bonds is 4. The van der Waals surface area contributed by atoms with Gasteiger partial charge in [0.15, 0.2) is 0 Å². The Morgan fingerprint density at radius 2 is 1.70 bits per heavy atom. The minimum absolute atomic E-state index is 0.0561. The monoisotopic (exact) mass is 397 g/mol. The molecule has 0 saturated carbocycles. The van der Waals surface area contributed by atoms with E-state index in [0.717, 1.165) is 16.7 Å². The summed E-state index contributed by atoms with van der Waals surface area (Å²) in [5.74, 6) is 0.203. The molecule has 3 rings (SSSR count). The SMILES string of the molecule is C/C(C(=N)C#N)=C(/N)c1cc(C(=O)N2CC(c3ccc(C#N)cc3)C2)c(C)cc1C. The second kappa shape index (κ2) is 8.23. The van der Waals surface area contributed by atoms with E-state index in [1.807, 2.05) is 32.0 Å². The van der Waals surface area contributed by atoms with Crippen LogP contribution in [0.2, 0.25) is 0 Å². The van der Waals surface area contributed by atoms with Crippen molar-refractivity contribution >= 4 is 17.3 Å². The van der Waals surface area contributed by atoms with E-state index in [2.05, 4.69) is 6.07 Å². The number of carbonyl (C=O) groups excluding carboxylic acids is 1. The molecule has 0 aromatic heterocycles. The summed E-state index contributed by atoms with van der Waals surface area (Å²) in [5.41, 5.74) is 11.5. The lowest BCUT2D eigenvalue weighted by molar-refractivity contribution is 0.0601. The number of benzene rings is 2. The summed E-state index contributed by atoms with van der Waals surface area (Å²) in [6, 6.07) is 15.1. The number of nitrogens with one attached hydrogen (secondary N) is 1. The van der Waals surface area contributed by atoms with Crippen molar-refractivity contribution in [3.05, 3.63) is 75.4 Å². The second-order valence-corrected chi connectivity index (χ2v) is 7.65. The van der Waals surface area contributed by atoms with Crippen LogP contribution in [-0.2, 0) is 0 Å². The molecule has 1 aliphatic rings. The van der Waals surface area contributed by atoms with Gasteiger partial charge in [0, 0.05) is 41.4 Å². The fourth-order valence-corrected chi connectivity index (χ4v) is 3.65. The number of hydrogen-bond acceptors (Lipinski definition) is 5. The largest absolute Gasteiger partial charge is 0.398 e. The molecule has 1 fully saturated rings. The molecule has 0 bridgehead atoms. The Morgan fingerprint density at radius 3 is 2.27 bits per heavy atom. The number of carbonyl (C=O) groups is 1. The molecule has 0 atom stereocenters. The van der Waals surface area contributed by atoms with Gasteiger partial charge in [-0.25, -0.2) is 0 Å². The molecule has 2 aromatic rings. The van der Waals surface area contributed by atoms with Crippen LogP contribution in [0.15, 0.2) is 42.0 Å². The van der Waals surface area contributed by atoms with Gasteiger partial charge in [0.2, 0.25) is 0 Å². The molecule has 2 aromatic carbocycles. The molecule has 1 saturated heterocycles. The van der Waals surface area contributed by atoms with Crippen molar-refractivity contribution in [3.8, 4) is 12.1 Å². The summed E-state index contributed by atoms with van der Waals surface area (Å²) in [6.07, 6.45) is 0. The van der Waals surface area contributed by atoms with Gasteiger partial charge in [0.25, 0.3) is 5.91 Å². The van der Waals surface area contributed by atoms with Gasteiger partial charge in [-0.1, -0.05) is 18.2 Å². The number of nitriles is 2. The van der Waals surface area contributed by atoms with Crippen LogP contribution in [0.4, 0.5) is 0 Å².